The summed E-state index contributed by atoms with van der Waals surface area (Å²) in [5, 5.41) is 0. The van der Waals surface area contributed by atoms with E-state index in [0.29, 0.717) is 17.4 Å². The number of cyclic esters (lactones) is 1. The maximum absolute atomic E-state index is 14.2. The fraction of sp³-hybridized carbons (Fsp3) is 0.591. The molecule has 154 valence electrons. The minimum Gasteiger partial charge on any atom is -0.451 e. The van der Waals surface area contributed by atoms with E-state index in [9.17, 15) is 9.18 Å². The lowest BCUT2D eigenvalue weighted by atomic mass is 9.43. The zero-order valence-electron chi connectivity index (χ0n) is 17.5. The van der Waals surface area contributed by atoms with E-state index in [2.05, 4.69) is 20.8 Å². The molecule has 0 unspecified atom stereocenters. The van der Waals surface area contributed by atoms with Crippen LogP contribution in [0.3, 0.4) is 0 Å². The van der Waals surface area contributed by atoms with Crippen LogP contribution < -0.4 is 4.74 Å². The van der Waals surface area contributed by atoms with Crippen LogP contribution in [0.5, 0.6) is 5.75 Å². The molecule has 4 atom stereocenters. The molecule has 0 amide bonds. The average molecular weight is 400 g/mol. The van der Waals surface area contributed by atoms with E-state index in [0.717, 1.165) is 6.42 Å². The number of benzene rings is 1. The summed E-state index contributed by atoms with van der Waals surface area (Å²) in [7, 11) is -0.482. The van der Waals surface area contributed by atoms with Gasteiger partial charge in [-0.3, -0.25) is 0 Å². The van der Waals surface area contributed by atoms with E-state index in [4.69, 9.17) is 18.8 Å². The van der Waals surface area contributed by atoms with Gasteiger partial charge in [0, 0.05) is 19.4 Å². The Kier molecular flexibility index (Phi) is 3.86. The summed E-state index contributed by atoms with van der Waals surface area (Å²) in [4.78, 5) is 12.2. The van der Waals surface area contributed by atoms with Crippen molar-refractivity contribution in [1.29, 1.82) is 0 Å². The first-order chi connectivity index (χ1) is 13.5. The third-order valence-electron chi connectivity index (χ3n) is 7.43. The van der Waals surface area contributed by atoms with Crippen molar-refractivity contribution in [3.8, 4) is 5.75 Å². The number of ether oxygens (including phenoxy) is 2. The van der Waals surface area contributed by atoms with Crippen LogP contribution >= 0.6 is 0 Å². The lowest BCUT2D eigenvalue weighted by Gasteiger charge is -2.64. The normalized spacial score (nSPS) is 36.1. The molecule has 1 aromatic carbocycles. The van der Waals surface area contributed by atoms with Gasteiger partial charge in [-0.1, -0.05) is 25.9 Å². The summed E-state index contributed by atoms with van der Waals surface area (Å²) >= 11 is 0. The Labute approximate surface area is 170 Å². The highest BCUT2D eigenvalue weighted by molar-refractivity contribution is 6.52. The summed E-state index contributed by atoms with van der Waals surface area (Å²) in [6.07, 6.45) is 4.06. The first-order valence-corrected chi connectivity index (χ1v) is 10.3. The molecule has 0 N–H and O–H groups in total. The second-order valence-corrected chi connectivity index (χ2v) is 9.93. The molecule has 6 rings (SSSR count). The van der Waals surface area contributed by atoms with E-state index in [1.54, 1.807) is 26.0 Å². The van der Waals surface area contributed by atoms with Crippen LogP contribution in [0.2, 0.25) is 0 Å². The van der Waals surface area contributed by atoms with Crippen molar-refractivity contribution in [2.75, 3.05) is 0 Å². The van der Waals surface area contributed by atoms with Crippen molar-refractivity contribution in [2.24, 2.45) is 17.3 Å². The van der Waals surface area contributed by atoms with Crippen molar-refractivity contribution in [1.82, 2.24) is 0 Å². The summed E-state index contributed by atoms with van der Waals surface area (Å²) < 4.78 is 37.7. The van der Waals surface area contributed by atoms with Crippen LogP contribution in [0.4, 0.5) is 4.39 Å². The van der Waals surface area contributed by atoms with Crippen molar-refractivity contribution in [3.05, 3.63) is 35.1 Å². The number of halogens is 1. The predicted molar refractivity (Wildman–Crippen MR) is 106 cm³/mol. The van der Waals surface area contributed by atoms with E-state index in [1.165, 1.54) is 12.5 Å². The highest BCUT2D eigenvalue weighted by Crippen LogP contribution is 2.65. The Morgan fingerprint density at radius 1 is 1.14 bits per heavy atom. The van der Waals surface area contributed by atoms with Crippen molar-refractivity contribution >= 4 is 19.2 Å². The summed E-state index contributed by atoms with van der Waals surface area (Å²) in [5.41, 5.74) is 0.395. The highest BCUT2D eigenvalue weighted by Gasteiger charge is 2.67. The van der Waals surface area contributed by atoms with Crippen molar-refractivity contribution in [2.45, 2.75) is 65.0 Å². The molecular weight excluding hydrogens is 374 g/mol. The van der Waals surface area contributed by atoms with E-state index < -0.39 is 24.7 Å². The molecule has 0 radical (unpaired) electrons. The molecule has 4 fully saturated rings. The molecule has 7 heteroatoms. The first-order valence-electron chi connectivity index (χ1n) is 10.3. The van der Waals surface area contributed by atoms with Crippen molar-refractivity contribution in [3.63, 3.8) is 0 Å². The smallest absolute Gasteiger partial charge is 0.451 e. The number of esters is 1. The van der Waals surface area contributed by atoms with Gasteiger partial charge in [0.25, 0.3) is 0 Å². The number of hydrogen-bond acceptors (Lipinski definition) is 5. The SMILES string of the molecule is CC1(C)OC(=O)c2c(F)ccc(/C=C/B3O[C@@H]4C[C@@H]5C[C@@H](C5(C)C)[C@]4(C)O3)c2O1. The Morgan fingerprint density at radius 3 is 2.62 bits per heavy atom. The minimum absolute atomic E-state index is 0.0845. The van der Waals surface area contributed by atoms with Gasteiger partial charge < -0.3 is 18.8 Å². The molecule has 29 heavy (non-hydrogen) atoms. The highest BCUT2D eigenvalue weighted by atomic mass is 19.1. The quantitative estimate of drug-likeness (QED) is 0.545. The van der Waals surface area contributed by atoms with E-state index >= 15 is 0 Å². The molecule has 5 aliphatic rings. The van der Waals surface area contributed by atoms with Gasteiger partial charge in [0.05, 0.1) is 11.7 Å². The average Bonchev–Trinajstić information content (AvgIpc) is 2.95. The Hall–Kier alpha value is -1.86. The van der Waals surface area contributed by atoms with Gasteiger partial charge in [0.2, 0.25) is 5.79 Å². The largest absolute Gasteiger partial charge is 0.486 e. The minimum atomic E-state index is -1.16. The second-order valence-electron chi connectivity index (χ2n) is 9.93. The van der Waals surface area contributed by atoms with E-state index in [-0.39, 0.29) is 28.4 Å². The van der Waals surface area contributed by atoms with Gasteiger partial charge in [0.15, 0.2) is 0 Å². The second kappa shape index (κ2) is 5.85. The zero-order valence-corrected chi connectivity index (χ0v) is 17.5. The number of hydrogen-bond donors (Lipinski definition) is 0. The van der Waals surface area contributed by atoms with Crippen LogP contribution in [0.25, 0.3) is 6.08 Å². The van der Waals surface area contributed by atoms with Crippen LogP contribution in [0.15, 0.2) is 18.1 Å². The van der Waals surface area contributed by atoms with Gasteiger partial charge in [0.1, 0.15) is 17.1 Å². The van der Waals surface area contributed by atoms with Crippen molar-refractivity contribution < 1.29 is 28.0 Å². The number of carbonyl (C=O) groups is 1. The molecule has 1 saturated heterocycles. The molecule has 2 aliphatic heterocycles. The van der Waals surface area contributed by atoms with Gasteiger partial charge in [-0.15, -0.1) is 0 Å². The van der Waals surface area contributed by atoms with Crippen LogP contribution in [-0.4, -0.2) is 30.6 Å². The Bertz CT molecular complexity index is 926. The monoisotopic (exact) mass is 400 g/mol. The van der Waals surface area contributed by atoms with Gasteiger partial charge in [-0.25, -0.2) is 9.18 Å². The molecule has 3 aliphatic carbocycles. The Balaban J connectivity index is 1.41. The summed E-state index contributed by atoms with van der Waals surface area (Å²) in [6, 6.07) is 2.83. The zero-order chi connectivity index (χ0) is 20.8. The summed E-state index contributed by atoms with van der Waals surface area (Å²) in [6.45, 7) is 10.0. The van der Waals surface area contributed by atoms with Crippen LogP contribution in [0, 0.1) is 23.1 Å². The molecule has 2 heterocycles. The van der Waals surface area contributed by atoms with Crippen LogP contribution in [-0.2, 0) is 14.0 Å². The van der Waals surface area contributed by atoms with Crippen LogP contribution in [0.1, 0.15) is 63.4 Å². The molecule has 1 aromatic rings. The topological polar surface area (TPSA) is 54.0 Å². The standard InChI is InChI=1S/C22H26BFO5/c1-20(2)13-10-15(20)22(5)16(11-13)28-23(29-22)9-8-12-6-7-14(24)17-18(12)26-21(3,4)27-19(17)25/h6-9,13,15-16H,10-11H2,1-5H3/b9-8+/t13-,15-,16+,22-/m0/s1. The molecular formula is C22H26BFO5. The fourth-order valence-electron chi connectivity index (χ4n) is 5.71. The number of fused-ring (bicyclic) bond motifs is 1. The molecule has 5 nitrogen and oxygen atoms in total. The Morgan fingerprint density at radius 2 is 1.90 bits per heavy atom. The first kappa shape index (κ1) is 19.1. The lowest BCUT2D eigenvalue weighted by molar-refractivity contribution is -0.199. The van der Waals surface area contributed by atoms with Gasteiger partial charge in [-0.05, 0) is 49.1 Å². The van der Waals surface area contributed by atoms with Gasteiger partial charge >= 0.3 is 13.1 Å². The molecule has 2 bridgehead atoms. The third kappa shape index (κ3) is 2.70. The predicted octanol–water partition coefficient (Wildman–Crippen LogP) is 4.39. The molecule has 3 saturated carbocycles. The van der Waals surface area contributed by atoms with E-state index in [1.807, 2.05) is 5.98 Å². The summed E-state index contributed by atoms with van der Waals surface area (Å²) in [5.74, 6) is 0.627. The number of carbonyl (C=O) groups excluding carboxylic acids is 1. The molecule has 0 aromatic heterocycles. The number of rotatable bonds is 2. The lowest BCUT2D eigenvalue weighted by Crippen LogP contribution is -2.65. The fourth-order valence-corrected chi connectivity index (χ4v) is 5.71. The maximum Gasteiger partial charge on any atom is 0.486 e. The maximum atomic E-state index is 14.2. The third-order valence-corrected chi connectivity index (χ3v) is 7.43. The van der Waals surface area contributed by atoms with Gasteiger partial charge in [-0.2, -0.15) is 0 Å². The molecule has 0 spiro atoms.